The molecule has 1 aromatic heterocycles. The van der Waals surface area contributed by atoms with Gasteiger partial charge in [0.15, 0.2) is 17.4 Å². The van der Waals surface area contributed by atoms with Gasteiger partial charge in [-0.15, -0.1) is 0 Å². The number of hydrogen-bond acceptors (Lipinski definition) is 6. The van der Waals surface area contributed by atoms with Gasteiger partial charge in [0.05, 0.1) is 11.9 Å². The van der Waals surface area contributed by atoms with E-state index in [9.17, 15) is 22.0 Å². The zero-order chi connectivity index (χ0) is 27.2. The van der Waals surface area contributed by atoms with Gasteiger partial charge in [-0.3, -0.25) is 0 Å². The van der Waals surface area contributed by atoms with Gasteiger partial charge in [0, 0.05) is 17.3 Å². The normalized spacial score (nSPS) is 17.9. The van der Waals surface area contributed by atoms with Gasteiger partial charge in [0.2, 0.25) is 5.95 Å². The van der Waals surface area contributed by atoms with Crippen molar-refractivity contribution in [3.63, 3.8) is 0 Å². The van der Waals surface area contributed by atoms with Gasteiger partial charge in [-0.2, -0.15) is 8.78 Å². The molecule has 5 rings (SSSR count). The Kier molecular flexibility index (Phi) is 6.89. The molecule has 0 saturated carbocycles. The molecule has 0 amide bonds. The first-order chi connectivity index (χ1) is 18.0. The molecule has 0 aliphatic carbocycles. The first-order valence-corrected chi connectivity index (χ1v) is 12.5. The highest BCUT2D eigenvalue weighted by atomic mass is 19.3. The lowest BCUT2D eigenvalue weighted by molar-refractivity contribution is -0.174. The highest BCUT2D eigenvalue weighted by Crippen LogP contribution is 2.44. The molecule has 0 unspecified atom stereocenters. The van der Waals surface area contributed by atoms with Crippen LogP contribution in [0.25, 0.3) is 11.3 Å². The van der Waals surface area contributed by atoms with Crippen molar-refractivity contribution in [1.82, 2.24) is 14.9 Å². The number of alkyl halides is 2. The van der Waals surface area contributed by atoms with E-state index >= 15 is 0 Å². The smallest absolute Gasteiger partial charge is 0.416 e. The summed E-state index contributed by atoms with van der Waals surface area (Å²) in [5, 5.41) is 2.87. The number of fused-ring (bicyclic) bond motifs is 1. The molecule has 0 spiro atoms. The van der Waals surface area contributed by atoms with Crippen molar-refractivity contribution in [2.45, 2.75) is 44.8 Å². The second-order valence-corrected chi connectivity index (χ2v) is 10.1. The number of hydrogen-bond donors (Lipinski definition) is 1. The fraction of sp³-hybridized carbons (Fsp3) is 0.407. The lowest BCUT2D eigenvalue weighted by atomic mass is 9.89. The third-order valence-electron chi connectivity index (χ3n) is 7.00. The number of anilines is 3. The number of likely N-dealkylation sites (tertiary alicyclic amines) is 1. The monoisotopic (exact) mass is 533 g/mol. The molecule has 1 N–H and O–H groups in total. The Hall–Kier alpha value is -3.47. The molecule has 0 atom stereocenters. The van der Waals surface area contributed by atoms with E-state index in [1.165, 1.54) is 17.0 Å². The first-order valence-electron chi connectivity index (χ1n) is 12.5. The van der Waals surface area contributed by atoms with Crippen LogP contribution in [0.1, 0.15) is 38.2 Å². The molecule has 6 nitrogen and oxygen atoms in total. The minimum atomic E-state index is -3.57. The van der Waals surface area contributed by atoms with Crippen molar-refractivity contribution in [1.29, 1.82) is 0 Å². The van der Waals surface area contributed by atoms with Gasteiger partial charge in [-0.25, -0.2) is 23.1 Å². The van der Waals surface area contributed by atoms with Crippen LogP contribution in [0, 0.1) is 17.5 Å². The number of nitrogens with one attached hydrogen (secondary N) is 1. The molecule has 1 saturated heterocycles. The largest absolute Gasteiger partial charge is 0.426 e. The number of ether oxygens (including phenoxy) is 1. The number of piperidine rings is 1. The van der Waals surface area contributed by atoms with Crippen LogP contribution in [0.5, 0.6) is 5.75 Å². The quantitative estimate of drug-likeness (QED) is 0.388. The Bertz CT molecular complexity index is 1340. The summed E-state index contributed by atoms with van der Waals surface area (Å²) >= 11 is 0. The van der Waals surface area contributed by atoms with Crippen LogP contribution in [0.3, 0.4) is 0 Å². The fourth-order valence-corrected chi connectivity index (χ4v) is 4.97. The number of rotatable bonds is 5. The van der Waals surface area contributed by atoms with Gasteiger partial charge in [-0.05, 0) is 82.6 Å². The average molecular weight is 534 g/mol. The number of halogens is 5. The molecule has 11 heteroatoms. The van der Waals surface area contributed by atoms with Crippen molar-refractivity contribution < 1.29 is 26.7 Å². The molecule has 3 aromatic rings. The van der Waals surface area contributed by atoms with Crippen LogP contribution in [0.2, 0.25) is 0 Å². The van der Waals surface area contributed by atoms with E-state index in [1.54, 1.807) is 26.0 Å². The highest BCUT2D eigenvalue weighted by molar-refractivity contribution is 5.73. The number of benzene rings is 2. The third kappa shape index (κ3) is 5.24. The summed E-state index contributed by atoms with van der Waals surface area (Å²) < 4.78 is 77.3. The van der Waals surface area contributed by atoms with Crippen LogP contribution in [0.4, 0.5) is 39.3 Å². The fourth-order valence-electron chi connectivity index (χ4n) is 4.97. The van der Waals surface area contributed by atoms with Gasteiger partial charge in [-0.1, -0.05) is 6.07 Å². The van der Waals surface area contributed by atoms with Crippen LogP contribution in [-0.4, -0.2) is 53.7 Å². The Morgan fingerprint density at radius 3 is 2.45 bits per heavy atom. The Morgan fingerprint density at radius 2 is 1.76 bits per heavy atom. The van der Waals surface area contributed by atoms with Crippen molar-refractivity contribution in [3.8, 4) is 17.0 Å². The van der Waals surface area contributed by atoms with Crippen molar-refractivity contribution in [2.24, 2.45) is 0 Å². The lowest BCUT2D eigenvalue weighted by Crippen LogP contribution is -2.48. The van der Waals surface area contributed by atoms with E-state index in [-0.39, 0.29) is 34.6 Å². The van der Waals surface area contributed by atoms with Crippen molar-refractivity contribution in [3.05, 3.63) is 59.5 Å². The van der Waals surface area contributed by atoms with Crippen molar-refractivity contribution in [2.75, 3.05) is 36.9 Å². The summed E-state index contributed by atoms with van der Waals surface area (Å²) in [5.41, 5.74) is 0.868. The Balaban J connectivity index is 1.43. The van der Waals surface area contributed by atoms with Gasteiger partial charge >= 0.3 is 6.11 Å². The van der Waals surface area contributed by atoms with Crippen LogP contribution < -0.4 is 15.0 Å². The van der Waals surface area contributed by atoms with E-state index in [4.69, 9.17) is 0 Å². The van der Waals surface area contributed by atoms with Gasteiger partial charge in [0.1, 0.15) is 18.1 Å². The molecule has 202 valence electrons. The van der Waals surface area contributed by atoms with Crippen molar-refractivity contribution >= 4 is 17.3 Å². The zero-order valence-corrected chi connectivity index (χ0v) is 21.2. The molecular weight excluding hydrogens is 505 g/mol. The van der Waals surface area contributed by atoms with Gasteiger partial charge < -0.3 is 19.9 Å². The van der Waals surface area contributed by atoms with E-state index < -0.39 is 36.1 Å². The minimum absolute atomic E-state index is 0.0208. The summed E-state index contributed by atoms with van der Waals surface area (Å²) in [6.07, 6.45) is -0.914. The van der Waals surface area contributed by atoms with Gasteiger partial charge in [0.25, 0.3) is 0 Å². The predicted octanol–water partition coefficient (Wildman–Crippen LogP) is 6.31. The summed E-state index contributed by atoms with van der Waals surface area (Å²) in [6.45, 7) is 4.39. The van der Waals surface area contributed by atoms with Crippen LogP contribution in [-0.2, 0) is 0 Å². The first kappa shape index (κ1) is 26.1. The molecule has 2 aliphatic rings. The lowest BCUT2D eigenvalue weighted by Gasteiger charge is -2.38. The SMILES string of the molecule is CC(C)N1CC(F)(F)Oc2c(F)cc(-c3nc(Nc4ccc(C5CCN(C)CC5)c(F)c4)ncc3F)cc21. The summed E-state index contributed by atoms with van der Waals surface area (Å²) in [5.74, 6) is -2.75. The Morgan fingerprint density at radius 1 is 1.03 bits per heavy atom. The molecular formula is C27H28F5N5O. The molecule has 0 bridgehead atoms. The molecule has 2 aromatic carbocycles. The van der Waals surface area contributed by atoms with Crippen LogP contribution >= 0.6 is 0 Å². The summed E-state index contributed by atoms with van der Waals surface area (Å²) in [7, 11) is 2.04. The molecule has 3 heterocycles. The van der Waals surface area contributed by atoms with E-state index in [0.717, 1.165) is 38.2 Å². The van der Waals surface area contributed by atoms with E-state index in [0.29, 0.717) is 11.3 Å². The highest BCUT2D eigenvalue weighted by Gasteiger charge is 2.43. The predicted molar refractivity (Wildman–Crippen MR) is 135 cm³/mol. The average Bonchev–Trinajstić information content (AvgIpc) is 2.85. The van der Waals surface area contributed by atoms with E-state index in [2.05, 4.69) is 24.9 Å². The molecule has 0 radical (unpaired) electrons. The second-order valence-electron chi connectivity index (χ2n) is 10.1. The maximum absolute atomic E-state index is 14.9. The number of aromatic nitrogens is 2. The maximum Gasteiger partial charge on any atom is 0.416 e. The van der Waals surface area contributed by atoms with Crippen LogP contribution in [0.15, 0.2) is 36.5 Å². The topological polar surface area (TPSA) is 53.5 Å². The summed E-state index contributed by atoms with van der Waals surface area (Å²) in [6, 6.07) is 6.63. The maximum atomic E-state index is 14.9. The van der Waals surface area contributed by atoms with E-state index in [1.807, 2.05) is 7.05 Å². The molecule has 38 heavy (non-hydrogen) atoms. The summed E-state index contributed by atoms with van der Waals surface area (Å²) in [4.78, 5) is 11.6. The Labute approximate surface area is 217 Å². The second kappa shape index (κ2) is 10.0. The standard InChI is InChI=1S/C27H28F5N5O/c1-15(2)37-14-27(31,32)38-25-21(29)10-17(11-23(25)37)24-22(30)13-33-26(35-24)34-18-4-5-19(20(28)12-18)16-6-8-36(3)9-7-16/h4-5,10-13,15-16H,6-9,14H2,1-3H3,(H,33,34,35). The molecule has 2 aliphatic heterocycles. The third-order valence-corrected chi connectivity index (χ3v) is 7.00. The minimum Gasteiger partial charge on any atom is -0.426 e. The molecule has 1 fully saturated rings. The zero-order valence-electron chi connectivity index (χ0n) is 21.2. The number of nitrogens with zero attached hydrogens (tertiary/aromatic N) is 4.